The predicted molar refractivity (Wildman–Crippen MR) is 116 cm³/mol. The van der Waals surface area contributed by atoms with Crippen LogP contribution < -0.4 is 15.9 Å². The molecule has 0 aliphatic carbocycles. The molecule has 0 spiro atoms. The molecule has 1 aromatic heterocycles. The number of benzene rings is 2. The van der Waals surface area contributed by atoms with Gasteiger partial charge < -0.3 is 10.2 Å². The zero-order chi connectivity index (χ0) is 21.7. The minimum Gasteiger partial charge on any atom is -0.351 e. The van der Waals surface area contributed by atoms with E-state index in [2.05, 4.69) is 28.2 Å². The van der Waals surface area contributed by atoms with Gasteiger partial charge in [-0.15, -0.1) is 11.8 Å². The predicted octanol–water partition coefficient (Wildman–Crippen LogP) is 3.12. The normalized spacial score (nSPS) is 18.3. The summed E-state index contributed by atoms with van der Waals surface area (Å²) in [5.74, 6) is -0.274. The molecule has 158 valence electrons. The molecular formula is C22H19F2N5OS. The lowest BCUT2D eigenvalue weighted by Crippen LogP contribution is -2.51. The number of aromatic nitrogens is 2. The first-order valence-corrected chi connectivity index (χ1v) is 11.1. The molecule has 5 rings (SSSR count). The van der Waals surface area contributed by atoms with Gasteiger partial charge in [-0.25, -0.2) is 13.6 Å². The van der Waals surface area contributed by atoms with E-state index in [1.54, 1.807) is 10.6 Å². The molecule has 2 aliphatic heterocycles. The summed E-state index contributed by atoms with van der Waals surface area (Å²) in [4.78, 5) is 20.1. The number of nitrogens with one attached hydrogen (secondary N) is 1. The van der Waals surface area contributed by atoms with Crippen molar-refractivity contribution in [2.75, 3.05) is 30.3 Å². The van der Waals surface area contributed by atoms with Crippen molar-refractivity contribution in [3.8, 4) is 17.2 Å². The molecule has 1 atom stereocenters. The van der Waals surface area contributed by atoms with Crippen LogP contribution in [0.3, 0.4) is 0 Å². The highest BCUT2D eigenvalue weighted by Gasteiger charge is 2.29. The van der Waals surface area contributed by atoms with Crippen molar-refractivity contribution in [2.45, 2.75) is 24.4 Å². The van der Waals surface area contributed by atoms with Crippen molar-refractivity contribution in [2.24, 2.45) is 0 Å². The van der Waals surface area contributed by atoms with Gasteiger partial charge in [-0.1, -0.05) is 0 Å². The summed E-state index contributed by atoms with van der Waals surface area (Å²) >= 11 is 1.48. The van der Waals surface area contributed by atoms with Crippen molar-refractivity contribution in [1.82, 2.24) is 14.9 Å². The summed E-state index contributed by atoms with van der Waals surface area (Å²) in [5.41, 5.74) is 1.13. The second-order valence-corrected chi connectivity index (χ2v) is 8.83. The molecule has 2 aliphatic rings. The molecule has 3 aromatic rings. The first kappa shape index (κ1) is 20.0. The third-order valence-corrected chi connectivity index (χ3v) is 6.93. The molecular weight excluding hydrogens is 420 g/mol. The van der Waals surface area contributed by atoms with Crippen molar-refractivity contribution >= 4 is 28.5 Å². The van der Waals surface area contributed by atoms with E-state index in [0.717, 1.165) is 19.2 Å². The second-order valence-electron chi connectivity index (χ2n) is 7.73. The highest BCUT2D eigenvalue weighted by atomic mass is 32.2. The highest BCUT2D eigenvalue weighted by molar-refractivity contribution is 7.99. The molecule has 1 saturated heterocycles. The van der Waals surface area contributed by atoms with Crippen LogP contribution in [0, 0.1) is 23.0 Å². The fourth-order valence-electron chi connectivity index (χ4n) is 4.40. The summed E-state index contributed by atoms with van der Waals surface area (Å²) < 4.78 is 29.9. The van der Waals surface area contributed by atoms with Crippen LogP contribution in [-0.2, 0) is 6.54 Å². The maximum absolute atomic E-state index is 14.7. The number of hydrogen-bond acceptors (Lipinski definition) is 6. The number of aryl methyl sites for hydroxylation is 1. The quantitative estimate of drug-likeness (QED) is 0.662. The van der Waals surface area contributed by atoms with Gasteiger partial charge in [0.25, 0.3) is 0 Å². The van der Waals surface area contributed by atoms with Crippen molar-refractivity contribution < 1.29 is 8.78 Å². The molecule has 1 N–H and O–H groups in total. The summed E-state index contributed by atoms with van der Waals surface area (Å²) in [5, 5.41) is 14.0. The molecule has 3 heterocycles. The molecule has 0 radical (unpaired) electrons. The zero-order valence-electron chi connectivity index (χ0n) is 16.8. The van der Waals surface area contributed by atoms with Gasteiger partial charge in [-0.05, 0) is 25.1 Å². The number of anilines is 1. The summed E-state index contributed by atoms with van der Waals surface area (Å²) in [6.45, 7) is 4.75. The lowest BCUT2D eigenvalue weighted by atomic mass is 9.96. The average molecular weight is 439 g/mol. The van der Waals surface area contributed by atoms with Crippen LogP contribution >= 0.6 is 11.8 Å². The molecule has 31 heavy (non-hydrogen) atoms. The lowest BCUT2D eigenvalue weighted by Gasteiger charge is -2.36. The van der Waals surface area contributed by atoms with E-state index in [-0.39, 0.29) is 22.9 Å². The van der Waals surface area contributed by atoms with E-state index < -0.39 is 11.6 Å². The van der Waals surface area contributed by atoms with E-state index in [9.17, 15) is 18.8 Å². The summed E-state index contributed by atoms with van der Waals surface area (Å²) in [7, 11) is 0. The van der Waals surface area contributed by atoms with Crippen LogP contribution in [0.2, 0.25) is 0 Å². The molecule has 0 saturated carbocycles. The standard InChI is InChI=1S/C22H19F2N5OS/c1-12-11-26-4-5-28(12)21-16-8-13(10-25)18(15-3-2-14(23)9-17(15)24)20-19(16)29(6-7-31-20)22(30)27-21/h2-3,8-9,12,26H,4-7,11H2,1H3. The van der Waals surface area contributed by atoms with Gasteiger partial charge in [0.15, 0.2) is 0 Å². The van der Waals surface area contributed by atoms with Gasteiger partial charge >= 0.3 is 5.69 Å². The van der Waals surface area contributed by atoms with Crippen LogP contribution in [0.25, 0.3) is 22.0 Å². The van der Waals surface area contributed by atoms with Crippen LogP contribution in [0.5, 0.6) is 0 Å². The topological polar surface area (TPSA) is 74.0 Å². The highest BCUT2D eigenvalue weighted by Crippen LogP contribution is 2.44. The lowest BCUT2D eigenvalue weighted by molar-refractivity contribution is 0.497. The molecule has 0 amide bonds. The number of thioether (sulfide) groups is 1. The van der Waals surface area contributed by atoms with Crippen LogP contribution in [0.4, 0.5) is 14.6 Å². The SMILES string of the molecule is CC1CNCCN1c1nc(=O)n2c3c(c(-c4ccc(F)cc4F)c(C#N)cc13)SCC2. The fraction of sp³-hybridized carbons (Fsp3) is 0.318. The smallest absolute Gasteiger partial charge is 0.350 e. The first-order valence-electron chi connectivity index (χ1n) is 10.1. The minimum absolute atomic E-state index is 0.124. The maximum Gasteiger partial charge on any atom is 0.350 e. The summed E-state index contributed by atoms with van der Waals surface area (Å²) in [6.07, 6.45) is 0. The Morgan fingerprint density at radius 2 is 2.13 bits per heavy atom. The molecule has 1 unspecified atom stereocenters. The molecule has 9 heteroatoms. The van der Waals surface area contributed by atoms with E-state index in [0.29, 0.717) is 46.0 Å². The van der Waals surface area contributed by atoms with Gasteiger partial charge in [-0.3, -0.25) is 4.57 Å². The number of rotatable bonds is 2. The minimum atomic E-state index is -0.739. The third-order valence-electron chi connectivity index (χ3n) is 5.85. The fourth-order valence-corrected chi connectivity index (χ4v) is 5.60. The van der Waals surface area contributed by atoms with E-state index in [1.807, 2.05) is 0 Å². The number of nitriles is 1. The van der Waals surface area contributed by atoms with Gasteiger partial charge in [0.2, 0.25) is 0 Å². The zero-order valence-corrected chi connectivity index (χ0v) is 17.6. The third kappa shape index (κ3) is 3.18. The Morgan fingerprint density at radius 1 is 1.29 bits per heavy atom. The summed E-state index contributed by atoms with van der Waals surface area (Å²) in [6, 6.07) is 7.34. The van der Waals surface area contributed by atoms with Gasteiger partial charge in [0, 0.05) is 65.4 Å². The first-order chi connectivity index (χ1) is 15.0. The van der Waals surface area contributed by atoms with Gasteiger partial charge in [-0.2, -0.15) is 10.2 Å². The Kier molecular flexibility index (Phi) is 4.91. The molecule has 2 aromatic carbocycles. The van der Waals surface area contributed by atoms with Crippen LogP contribution in [0.15, 0.2) is 34.0 Å². The number of hydrogen-bond donors (Lipinski definition) is 1. The molecule has 1 fully saturated rings. The molecule has 0 bridgehead atoms. The Hall–Kier alpha value is -2.96. The van der Waals surface area contributed by atoms with Crippen molar-refractivity contribution in [3.05, 3.63) is 51.9 Å². The van der Waals surface area contributed by atoms with E-state index in [4.69, 9.17) is 0 Å². The Labute approximate surface area is 181 Å². The Morgan fingerprint density at radius 3 is 2.87 bits per heavy atom. The van der Waals surface area contributed by atoms with Crippen molar-refractivity contribution in [3.63, 3.8) is 0 Å². The molecule has 6 nitrogen and oxygen atoms in total. The van der Waals surface area contributed by atoms with E-state index >= 15 is 0 Å². The number of piperazine rings is 1. The van der Waals surface area contributed by atoms with Gasteiger partial charge in [0.05, 0.1) is 17.1 Å². The Bertz CT molecular complexity index is 1320. The Balaban J connectivity index is 1.87. The van der Waals surface area contributed by atoms with E-state index in [1.165, 1.54) is 23.9 Å². The van der Waals surface area contributed by atoms with Crippen molar-refractivity contribution in [1.29, 1.82) is 5.26 Å². The monoisotopic (exact) mass is 439 g/mol. The van der Waals surface area contributed by atoms with Gasteiger partial charge in [0.1, 0.15) is 17.5 Å². The largest absolute Gasteiger partial charge is 0.351 e. The number of halogens is 2. The maximum atomic E-state index is 14.7. The van der Waals surface area contributed by atoms with Crippen LogP contribution in [0.1, 0.15) is 12.5 Å². The average Bonchev–Trinajstić information content (AvgIpc) is 2.76. The second kappa shape index (κ2) is 7.62. The van der Waals surface area contributed by atoms with Crippen LogP contribution in [-0.4, -0.2) is 41.0 Å². The number of nitrogens with zero attached hydrogens (tertiary/aromatic N) is 4.